The molecule has 0 saturated heterocycles. The summed E-state index contributed by atoms with van der Waals surface area (Å²) in [6.45, 7) is 8.54. The maximum absolute atomic E-state index is 5.78. The zero-order valence-corrected chi connectivity index (χ0v) is 17.5. The molecule has 3 rings (SSSR count). The normalized spacial score (nSPS) is 18.4. The van der Waals surface area contributed by atoms with E-state index >= 15 is 0 Å². The van der Waals surface area contributed by atoms with Crippen molar-refractivity contribution in [2.24, 2.45) is 10.7 Å². The Morgan fingerprint density at radius 2 is 1.76 bits per heavy atom. The van der Waals surface area contributed by atoms with Crippen molar-refractivity contribution in [3.8, 4) is 0 Å². The van der Waals surface area contributed by atoms with Gasteiger partial charge in [0.1, 0.15) is 24.8 Å². The van der Waals surface area contributed by atoms with Crippen LogP contribution in [0.5, 0.6) is 0 Å². The average molecular weight is 398 g/mol. The van der Waals surface area contributed by atoms with Crippen LogP contribution in [0.4, 0.5) is 5.69 Å². The Bertz CT molecular complexity index is 834. The number of nitrogens with one attached hydrogen (secondary N) is 1. The van der Waals surface area contributed by atoms with Gasteiger partial charge in [0.05, 0.1) is 25.5 Å². The zero-order chi connectivity index (χ0) is 20.9. The lowest BCUT2D eigenvalue weighted by Crippen LogP contribution is -2.06. The second-order valence-electron chi connectivity index (χ2n) is 6.46. The van der Waals surface area contributed by atoms with Crippen molar-refractivity contribution in [2.45, 2.75) is 34.0 Å². The van der Waals surface area contributed by atoms with E-state index in [1.807, 2.05) is 44.2 Å². The highest BCUT2D eigenvalue weighted by molar-refractivity contribution is 5.96. The van der Waals surface area contributed by atoms with E-state index in [4.69, 9.17) is 19.6 Å². The molecule has 6 heteroatoms. The predicted molar refractivity (Wildman–Crippen MR) is 118 cm³/mol. The number of rotatable bonds is 0. The number of allylic oxidation sites excluding steroid dienone is 1. The molecule has 0 amide bonds. The van der Waals surface area contributed by atoms with Crippen molar-refractivity contribution in [3.05, 3.63) is 77.4 Å². The van der Waals surface area contributed by atoms with Crippen molar-refractivity contribution in [3.63, 3.8) is 0 Å². The molecule has 0 atom stereocenters. The molecular formula is C23H31N3O3. The number of nitrogens with two attached hydrogens (primary N) is 1. The first-order valence-corrected chi connectivity index (χ1v) is 9.71. The summed E-state index contributed by atoms with van der Waals surface area (Å²) in [5, 5.41) is 3.36. The molecule has 2 heterocycles. The van der Waals surface area contributed by atoms with E-state index in [-0.39, 0.29) is 0 Å². The van der Waals surface area contributed by atoms with Crippen LogP contribution >= 0.6 is 0 Å². The van der Waals surface area contributed by atoms with Gasteiger partial charge in [-0.3, -0.25) is 4.99 Å². The average Bonchev–Trinajstić information content (AvgIpc) is 3.20. The number of hydrogen-bond donors (Lipinski definition) is 2. The largest absolute Gasteiger partial charge is 0.457 e. The minimum absolute atomic E-state index is 0.445. The van der Waals surface area contributed by atoms with Crippen LogP contribution in [-0.4, -0.2) is 25.6 Å². The van der Waals surface area contributed by atoms with Crippen LogP contribution in [0.25, 0.3) is 0 Å². The lowest BCUT2D eigenvalue weighted by Gasteiger charge is -2.12. The molecule has 0 aliphatic carbocycles. The van der Waals surface area contributed by atoms with Gasteiger partial charge >= 0.3 is 0 Å². The predicted octanol–water partition coefficient (Wildman–Crippen LogP) is 4.55. The summed E-state index contributed by atoms with van der Waals surface area (Å²) in [5.74, 6) is 1.57. The van der Waals surface area contributed by atoms with Gasteiger partial charge in [0.25, 0.3) is 0 Å². The monoisotopic (exact) mass is 397 g/mol. The molecule has 0 unspecified atom stereocenters. The summed E-state index contributed by atoms with van der Waals surface area (Å²) in [5.41, 5.74) is 9.14. The maximum Gasteiger partial charge on any atom is 0.147 e. The Morgan fingerprint density at radius 3 is 2.48 bits per heavy atom. The highest BCUT2D eigenvalue weighted by atomic mass is 16.5. The quantitative estimate of drug-likeness (QED) is 0.638. The van der Waals surface area contributed by atoms with Gasteiger partial charge < -0.3 is 24.9 Å². The van der Waals surface area contributed by atoms with Crippen LogP contribution in [0.15, 0.2) is 64.2 Å². The number of furan rings is 1. The summed E-state index contributed by atoms with van der Waals surface area (Å²) < 4.78 is 17.1. The summed E-state index contributed by atoms with van der Waals surface area (Å²) >= 11 is 0. The third-order valence-electron chi connectivity index (χ3n) is 4.34. The van der Waals surface area contributed by atoms with E-state index in [2.05, 4.69) is 29.4 Å². The maximum atomic E-state index is 5.78. The second kappa shape index (κ2) is 12.6. The molecule has 1 aliphatic rings. The number of anilines is 1. The smallest absolute Gasteiger partial charge is 0.147 e. The topological polar surface area (TPSA) is 82.0 Å². The van der Waals surface area contributed by atoms with Crippen molar-refractivity contribution in [1.82, 2.24) is 0 Å². The summed E-state index contributed by atoms with van der Waals surface area (Å²) in [4.78, 5) is 4.56. The molecule has 0 radical (unpaired) electrons. The van der Waals surface area contributed by atoms with Crippen molar-refractivity contribution in [2.75, 3.05) is 25.2 Å². The highest BCUT2D eigenvalue weighted by Crippen LogP contribution is 2.20. The van der Waals surface area contributed by atoms with Crippen LogP contribution in [0.3, 0.4) is 0 Å². The lowest BCUT2D eigenvalue weighted by atomic mass is 10.1. The molecule has 0 saturated carbocycles. The second-order valence-corrected chi connectivity index (χ2v) is 6.46. The highest BCUT2D eigenvalue weighted by Gasteiger charge is 2.06. The van der Waals surface area contributed by atoms with E-state index in [1.54, 1.807) is 6.08 Å². The molecule has 29 heavy (non-hydrogen) atoms. The van der Waals surface area contributed by atoms with E-state index in [0.717, 1.165) is 22.9 Å². The molecule has 1 aromatic carbocycles. The fourth-order valence-electron chi connectivity index (χ4n) is 2.60. The van der Waals surface area contributed by atoms with Gasteiger partial charge in [0.2, 0.25) is 0 Å². The van der Waals surface area contributed by atoms with Crippen LogP contribution in [-0.2, 0) is 22.7 Å². The van der Waals surface area contributed by atoms with Gasteiger partial charge in [-0.15, -0.1) is 0 Å². The van der Waals surface area contributed by atoms with Crippen molar-refractivity contribution >= 4 is 11.4 Å². The SMILES string of the molecule is C/C1=N\CNc2cccc(c2C)COC/C=C/COCc2ccc1o2.C/C=C\N. The number of benzene rings is 1. The summed E-state index contributed by atoms with van der Waals surface area (Å²) in [6.07, 6.45) is 7.22. The molecular weight excluding hydrogens is 366 g/mol. The standard InChI is InChI=1S/C20H24N2O3.C3H7N/c1-15-17-6-5-7-19(15)22-14-21-16(2)20-9-8-18(25-20)13-24-11-4-3-10-23-12-17;1-2-3-4/h3-9,22H,10-14H2,1-2H3;2-3H,4H2,1H3/b4-3+,21-16+;3-2-. The molecule has 0 fully saturated rings. The number of ether oxygens (including phenoxy) is 2. The molecule has 4 bridgehead atoms. The Kier molecular flexibility index (Phi) is 9.75. The fraction of sp³-hybridized carbons (Fsp3) is 0.348. The molecule has 6 nitrogen and oxygen atoms in total. The van der Waals surface area contributed by atoms with Crippen molar-refractivity contribution < 1.29 is 13.9 Å². The Balaban J connectivity index is 0.000000687. The lowest BCUT2D eigenvalue weighted by molar-refractivity contribution is 0.128. The summed E-state index contributed by atoms with van der Waals surface area (Å²) in [7, 11) is 0. The number of nitrogens with zero attached hydrogens (tertiary/aromatic N) is 1. The molecule has 3 N–H and O–H groups in total. The number of hydrogen-bond acceptors (Lipinski definition) is 6. The molecule has 156 valence electrons. The molecule has 0 spiro atoms. The molecule has 2 aromatic rings. The Labute approximate surface area is 173 Å². The van der Waals surface area contributed by atoms with Crippen molar-refractivity contribution in [1.29, 1.82) is 0 Å². The van der Waals surface area contributed by atoms with E-state index in [1.165, 1.54) is 17.3 Å². The van der Waals surface area contributed by atoms with Gasteiger partial charge in [-0.05, 0) is 56.3 Å². The Hall–Kier alpha value is -2.83. The fourth-order valence-corrected chi connectivity index (χ4v) is 2.60. The van der Waals surface area contributed by atoms with Crippen LogP contribution in [0.2, 0.25) is 0 Å². The van der Waals surface area contributed by atoms with Crippen LogP contribution in [0.1, 0.15) is 36.5 Å². The van der Waals surface area contributed by atoms with Crippen LogP contribution in [0, 0.1) is 6.92 Å². The molecule has 1 aliphatic heterocycles. The van der Waals surface area contributed by atoms with Crippen LogP contribution < -0.4 is 11.1 Å². The van der Waals surface area contributed by atoms with E-state index < -0.39 is 0 Å². The van der Waals surface area contributed by atoms with Gasteiger partial charge in [-0.2, -0.15) is 0 Å². The third kappa shape index (κ3) is 7.60. The molecule has 1 aromatic heterocycles. The minimum atomic E-state index is 0.445. The van der Waals surface area contributed by atoms with E-state index in [9.17, 15) is 0 Å². The first-order chi connectivity index (χ1) is 14.2. The van der Waals surface area contributed by atoms with E-state index in [0.29, 0.717) is 33.1 Å². The van der Waals surface area contributed by atoms with Gasteiger partial charge in [-0.25, -0.2) is 0 Å². The zero-order valence-electron chi connectivity index (χ0n) is 17.5. The van der Waals surface area contributed by atoms with Gasteiger partial charge in [-0.1, -0.05) is 30.4 Å². The first-order valence-electron chi connectivity index (χ1n) is 9.71. The number of aliphatic imine (C=N–C) groups is 1. The minimum Gasteiger partial charge on any atom is -0.457 e. The van der Waals surface area contributed by atoms with Gasteiger partial charge in [0.15, 0.2) is 0 Å². The van der Waals surface area contributed by atoms with Gasteiger partial charge in [0, 0.05) is 5.69 Å². The number of fused-ring (bicyclic) bond motifs is 4. The Morgan fingerprint density at radius 1 is 1.03 bits per heavy atom. The summed E-state index contributed by atoms with van der Waals surface area (Å²) in [6, 6.07) is 10.0. The third-order valence-corrected chi connectivity index (χ3v) is 4.34. The first kappa shape index (κ1) is 22.5.